The first-order valence-electron chi connectivity index (χ1n) is 5.96. The lowest BCUT2D eigenvalue weighted by Gasteiger charge is -2.18. The van der Waals surface area contributed by atoms with E-state index < -0.39 is 0 Å². The lowest BCUT2D eigenvalue weighted by molar-refractivity contribution is 0.783. The van der Waals surface area contributed by atoms with Gasteiger partial charge in [-0.05, 0) is 26.1 Å². The standard InChI is InChI=1S/C14H18N4/c1-11-4-6-13(7-5-11)18(3)14-10-16-12(8-15-2)9-17-14/h4-7,9-10,15H,8H2,1-3H3. The van der Waals surface area contributed by atoms with Crippen molar-refractivity contribution in [1.82, 2.24) is 15.3 Å². The van der Waals surface area contributed by atoms with Crippen molar-refractivity contribution in [2.24, 2.45) is 0 Å². The summed E-state index contributed by atoms with van der Waals surface area (Å²) < 4.78 is 0. The predicted octanol–water partition coefficient (Wildman–Crippen LogP) is 2.27. The number of anilines is 2. The smallest absolute Gasteiger partial charge is 0.151 e. The van der Waals surface area contributed by atoms with Crippen molar-refractivity contribution in [2.45, 2.75) is 13.5 Å². The summed E-state index contributed by atoms with van der Waals surface area (Å²) in [6.07, 6.45) is 3.60. The molecule has 18 heavy (non-hydrogen) atoms. The lowest BCUT2D eigenvalue weighted by Crippen LogP contribution is -2.13. The molecule has 0 saturated heterocycles. The second-order valence-corrected chi connectivity index (χ2v) is 4.29. The highest BCUT2D eigenvalue weighted by molar-refractivity contribution is 5.58. The molecule has 0 aliphatic rings. The van der Waals surface area contributed by atoms with Crippen molar-refractivity contribution >= 4 is 11.5 Å². The molecule has 2 aromatic rings. The summed E-state index contributed by atoms with van der Waals surface area (Å²) in [6.45, 7) is 2.82. The summed E-state index contributed by atoms with van der Waals surface area (Å²) >= 11 is 0. The molecule has 0 unspecified atom stereocenters. The maximum atomic E-state index is 4.42. The van der Waals surface area contributed by atoms with Crippen LogP contribution in [0.25, 0.3) is 0 Å². The number of hydrogen-bond acceptors (Lipinski definition) is 4. The fourth-order valence-corrected chi connectivity index (χ4v) is 1.69. The molecule has 1 heterocycles. The summed E-state index contributed by atoms with van der Waals surface area (Å²) in [5.74, 6) is 0.846. The Morgan fingerprint density at radius 2 is 1.83 bits per heavy atom. The molecule has 1 N–H and O–H groups in total. The van der Waals surface area contributed by atoms with Gasteiger partial charge in [-0.15, -0.1) is 0 Å². The number of hydrogen-bond donors (Lipinski definition) is 1. The van der Waals surface area contributed by atoms with Crippen molar-refractivity contribution in [3.8, 4) is 0 Å². The second kappa shape index (κ2) is 5.60. The van der Waals surface area contributed by atoms with Gasteiger partial charge in [0.05, 0.1) is 18.1 Å². The molecule has 94 valence electrons. The molecule has 0 atom stereocenters. The van der Waals surface area contributed by atoms with E-state index >= 15 is 0 Å². The van der Waals surface area contributed by atoms with E-state index in [1.54, 1.807) is 12.4 Å². The van der Waals surface area contributed by atoms with E-state index in [4.69, 9.17) is 0 Å². The van der Waals surface area contributed by atoms with E-state index in [1.807, 2.05) is 19.0 Å². The zero-order valence-corrected chi connectivity index (χ0v) is 11.0. The first kappa shape index (κ1) is 12.5. The van der Waals surface area contributed by atoms with Gasteiger partial charge in [-0.3, -0.25) is 4.98 Å². The molecule has 0 fully saturated rings. The van der Waals surface area contributed by atoms with Gasteiger partial charge in [-0.1, -0.05) is 17.7 Å². The Kier molecular flexibility index (Phi) is 3.89. The number of nitrogens with zero attached hydrogens (tertiary/aromatic N) is 3. The van der Waals surface area contributed by atoms with Crippen molar-refractivity contribution < 1.29 is 0 Å². The SMILES string of the molecule is CNCc1cnc(N(C)c2ccc(C)cc2)cn1. The van der Waals surface area contributed by atoms with E-state index in [-0.39, 0.29) is 0 Å². The van der Waals surface area contributed by atoms with Gasteiger partial charge in [0.25, 0.3) is 0 Å². The van der Waals surface area contributed by atoms with Crippen LogP contribution >= 0.6 is 0 Å². The van der Waals surface area contributed by atoms with E-state index in [0.29, 0.717) is 0 Å². The molecule has 4 heteroatoms. The molecule has 0 spiro atoms. The molecule has 0 bridgehead atoms. The van der Waals surface area contributed by atoms with Crippen molar-refractivity contribution in [2.75, 3.05) is 19.0 Å². The van der Waals surface area contributed by atoms with Crippen LogP contribution in [0, 0.1) is 6.92 Å². The fraction of sp³-hybridized carbons (Fsp3) is 0.286. The van der Waals surface area contributed by atoms with Crippen LogP contribution < -0.4 is 10.2 Å². The second-order valence-electron chi connectivity index (χ2n) is 4.29. The van der Waals surface area contributed by atoms with Crippen molar-refractivity contribution in [3.05, 3.63) is 47.9 Å². The average Bonchev–Trinajstić information content (AvgIpc) is 2.40. The van der Waals surface area contributed by atoms with Crippen LogP contribution in [0.3, 0.4) is 0 Å². The Morgan fingerprint density at radius 1 is 1.11 bits per heavy atom. The highest BCUT2D eigenvalue weighted by Gasteiger charge is 2.05. The highest BCUT2D eigenvalue weighted by atomic mass is 15.2. The Hall–Kier alpha value is -1.94. The minimum Gasteiger partial charge on any atom is -0.328 e. The largest absolute Gasteiger partial charge is 0.328 e. The molecule has 0 aliphatic carbocycles. The summed E-state index contributed by atoms with van der Waals surface area (Å²) in [5.41, 5.74) is 3.30. The van der Waals surface area contributed by atoms with Crippen LogP contribution in [0.5, 0.6) is 0 Å². The van der Waals surface area contributed by atoms with E-state index in [2.05, 4.69) is 46.5 Å². The van der Waals surface area contributed by atoms with Crippen molar-refractivity contribution in [1.29, 1.82) is 0 Å². The van der Waals surface area contributed by atoms with Gasteiger partial charge in [0.15, 0.2) is 5.82 Å². The zero-order valence-electron chi connectivity index (χ0n) is 11.0. The van der Waals surface area contributed by atoms with Gasteiger partial charge in [0, 0.05) is 19.3 Å². The first-order valence-corrected chi connectivity index (χ1v) is 5.96. The average molecular weight is 242 g/mol. The van der Waals surface area contributed by atoms with Crippen LogP contribution in [0.4, 0.5) is 11.5 Å². The first-order chi connectivity index (χ1) is 8.70. The Labute approximate surface area is 108 Å². The molecule has 4 nitrogen and oxygen atoms in total. The Balaban J connectivity index is 2.17. The Morgan fingerprint density at radius 3 is 2.39 bits per heavy atom. The summed E-state index contributed by atoms with van der Waals surface area (Å²) in [7, 11) is 3.89. The highest BCUT2D eigenvalue weighted by Crippen LogP contribution is 2.20. The molecular weight excluding hydrogens is 224 g/mol. The third-order valence-electron chi connectivity index (χ3n) is 2.81. The molecule has 1 aromatic carbocycles. The van der Waals surface area contributed by atoms with E-state index in [0.717, 1.165) is 23.7 Å². The summed E-state index contributed by atoms with van der Waals surface area (Å²) in [4.78, 5) is 10.8. The van der Waals surface area contributed by atoms with Gasteiger partial charge < -0.3 is 10.2 Å². The van der Waals surface area contributed by atoms with Gasteiger partial charge >= 0.3 is 0 Å². The van der Waals surface area contributed by atoms with E-state index in [9.17, 15) is 0 Å². The topological polar surface area (TPSA) is 41.1 Å². The van der Waals surface area contributed by atoms with Gasteiger partial charge in [-0.2, -0.15) is 0 Å². The fourth-order valence-electron chi connectivity index (χ4n) is 1.69. The maximum Gasteiger partial charge on any atom is 0.151 e. The molecule has 0 amide bonds. The lowest BCUT2D eigenvalue weighted by atomic mass is 10.2. The van der Waals surface area contributed by atoms with Crippen LogP contribution in [0.15, 0.2) is 36.7 Å². The minimum atomic E-state index is 0.738. The number of benzene rings is 1. The minimum absolute atomic E-state index is 0.738. The predicted molar refractivity (Wildman–Crippen MR) is 74.0 cm³/mol. The van der Waals surface area contributed by atoms with Crippen LogP contribution in [-0.4, -0.2) is 24.1 Å². The van der Waals surface area contributed by atoms with E-state index in [1.165, 1.54) is 5.56 Å². The molecular formula is C14H18N4. The molecule has 0 radical (unpaired) electrons. The summed E-state index contributed by atoms with van der Waals surface area (Å²) in [6, 6.07) is 8.35. The Bertz CT molecular complexity index is 490. The number of nitrogens with one attached hydrogen (secondary N) is 1. The number of rotatable bonds is 4. The third kappa shape index (κ3) is 2.84. The van der Waals surface area contributed by atoms with Crippen LogP contribution in [-0.2, 0) is 6.54 Å². The van der Waals surface area contributed by atoms with Crippen LogP contribution in [0.2, 0.25) is 0 Å². The van der Waals surface area contributed by atoms with Gasteiger partial charge in [-0.25, -0.2) is 4.98 Å². The van der Waals surface area contributed by atoms with Crippen LogP contribution in [0.1, 0.15) is 11.3 Å². The summed E-state index contributed by atoms with van der Waals surface area (Å²) in [5, 5.41) is 3.05. The van der Waals surface area contributed by atoms with Gasteiger partial charge in [0.1, 0.15) is 0 Å². The van der Waals surface area contributed by atoms with Gasteiger partial charge in [0.2, 0.25) is 0 Å². The van der Waals surface area contributed by atoms with Crippen molar-refractivity contribution in [3.63, 3.8) is 0 Å². The molecule has 0 saturated carbocycles. The molecule has 2 rings (SSSR count). The monoisotopic (exact) mass is 242 g/mol. The normalized spacial score (nSPS) is 10.4. The zero-order chi connectivity index (χ0) is 13.0. The quantitative estimate of drug-likeness (QED) is 0.893. The molecule has 0 aliphatic heterocycles. The number of aromatic nitrogens is 2. The third-order valence-corrected chi connectivity index (χ3v) is 2.81. The maximum absolute atomic E-state index is 4.42. The number of aryl methyl sites for hydroxylation is 1. The molecule has 1 aromatic heterocycles.